The monoisotopic (exact) mass is 246 g/mol. The highest BCUT2D eigenvalue weighted by Gasteiger charge is 2.71. The van der Waals surface area contributed by atoms with E-state index in [1.165, 1.54) is 12.8 Å². The third kappa shape index (κ3) is 0.946. The lowest BCUT2D eigenvalue weighted by atomic mass is 9.51. The molecule has 4 aliphatic rings. The zero-order valence-corrected chi connectivity index (χ0v) is 11.6. The van der Waals surface area contributed by atoms with Crippen molar-refractivity contribution in [3.8, 4) is 0 Å². The van der Waals surface area contributed by atoms with Crippen LogP contribution in [0.1, 0.15) is 26.7 Å². The van der Waals surface area contributed by atoms with Crippen molar-refractivity contribution < 1.29 is 0 Å². The summed E-state index contributed by atoms with van der Waals surface area (Å²) in [6, 6.07) is 0. The second kappa shape index (κ2) is 3.21. The van der Waals surface area contributed by atoms with Gasteiger partial charge in [-0.15, -0.1) is 0 Å². The second-order valence-electron chi connectivity index (χ2n) is 7.79. The maximum absolute atomic E-state index is 6.21. The summed E-state index contributed by atoms with van der Waals surface area (Å²) in [6.07, 6.45) is 7.82. The van der Waals surface area contributed by atoms with Crippen molar-refractivity contribution in [1.82, 2.24) is 0 Å². The van der Waals surface area contributed by atoms with Gasteiger partial charge in [0.1, 0.15) is 0 Å². The van der Waals surface area contributed by atoms with Gasteiger partial charge < -0.3 is 11.5 Å². The molecule has 4 bridgehead atoms. The van der Waals surface area contributed by atoms with E-state index in [1.54, 1.807) is 0 Å². The molecule has 0 radical (unpaired) electrons. The van der Waals surface area contributed by atoms with Gasteiger partial charge in [0.05, 0.1) is 0 Å². The minimum absolute atomic E-state index is 0.270. The van der Waals surface area contributed by atoms with Crippen molar-refractivity contribution >= 4 is 0 Å². The predicted octanol–water partition coefficient (Wildman–Crippen LogP) is 2.00. The zero-order valence-electron chi connectivity index (χ0n) is 11.6. The minimum atomic E-state index is 0.270. The lowest BCUT2D eigenvalue weighted by Crippen LogP contribution is -2.56. The first-order valence-electron chi connectivity index (χ1n) is 7.65. The number of allylic oxidation sites excluding steroid dienone is 2. The average molecular weight is 246 g/mol. The van der Waals surface area contributed by atoms with Gasteiger partial charge >= 0.3 is 0 Å². The average Bonchev–Trinajstić information content (AvgIpc) is 3.09. The summed E-state index contributed by atoms with van der Waals surface area (Å²) < 4.78 is 0. The zero-order chi connectivity index (χ0) is 12.7. The van der Waals surface area contributed by atoms with Gasteiger partial charge in [-0.2, -0.15) is 0 Å². The minimum Gasteiger partial charge on any atom is -0.330 e. The van der Waals surface area contributed by atoms with E-state index in [2.05, 4.69) is 26.0 Å². The normalized spacial score (nSPS) is 63.8. The summed E-state index contributed by atoms with van der Waals surface area (Å²) in [5, 5.41) is 0. The SMILES string of the molecule is CC1(CN)C2CC(C3C4C=CC(C4)C32)C1(C)CN. The molecule has 100 valence electrons. The lowest BCUT2D eigenvalue weighted by molar-refractivity contribution is -0.0479. The molecule has 4 N–H and O–H groups in total. The molecular formula is C16H26N2. The molecule has 8 atom stereocenters. The number of hydrogen-bond acceptors (Lipinski definition) is 2. The Hall–Kier alpha value is -0.340. The highest BCUT2D eigenvalue weighted by molar-refractivity contribution is 5.26. The molecule has 3 fully saturated rings. The first-order valence-corrected chi connectivity index (χ1v) is 7.65. The predicted molar refractivity (Wildman–Crippen MR) is 73.6 cm³/mol. The van der Waals surface area contributed by atoms with Gasteiger partial charge in [-0.25, -0.2) is 0 Å². The van der Waals surface area contributed by atoms with E-state index < -0.39 is 0 Å². The maximum Gasteiger partial charge on any atom is -0.00146 e. The van der Waals surface area contributed by atoms with Crippen LogP contribution in [0.25, 0.3) is 0 Å². The van der Waals surface area contributed by atoms with E-state index in [4.69, 9.17) is 11.5 Å². The van der Waals surface area contributed by atoms with Crippen LogP contribution in [0.5, 0.6) is 0 Å². The van der Waals surface area contributed by atoms with Crippen molar-refractivity contribution in [3.05, 3.63) is 12.2 Å². The molecule has 4 rings (SSSR count). The fraction of sp³-hybridized carbons (Fsp3) is 0.875. The fourth-order valence-electron chi connectivity index (χ4n) is 6.61. The van der Waals surface area contributed by atoms with Gasteiger partial charge in [-0.05, 0) is 72.3 Å². The molecule has 0 aromatic rings. The van der Waals surface area contributed by atoms with Crippen LogP contribution in [0.2, 0.25) is 0 Å². The van der Waals surface area contributed by atoms with E-state index in [1.807, 2.05) is 0 Å². The Bertz CT molecular complexity index is 381. The molecule has 18 heavy (non-hydrogen) atoms. The molecule has 2 heteroatoms. The molecular weight excluding hydrogens is 220 g/mol. The van der Waals surface area contributed by atoms with Crippen molar-refractivity contribution in [3.63, 3.8) is 0 Å². The molecule has 0 aromatic heterocycles. The van der Waals surface area contributed by atoms with Crippen molar-refractivity contribution in [1.29, 1.82) is 0 Å². The third-order valence-electron chi connectivity index (χ3n) is 7.81. The van der Waals surface area contributed by atoms with E-state index in [0.717, 1.165) is 48.6 Å². The van der Waals surface area contributed by atoms with E-state index in [-0.39, 0.29) is 10.8 Å². The first-order chi connectivity index (χ1) is 8.56. The lowest BCUT2D eigenvalue weighted by Gasteiger charge is -2.54. The Morgan fingerprint density at radius 2 is 1.33 bits per heavy atom. The number of hydrogen-bond donors (Lipinski definition) is 2. The smallest absolute Gasteiger partial charge is 0.00146 e. The second-order valence-corrected chi connectivity index (χ2v) is 7.79. The van der Waals surface area contributed by atoms with Crippen LogP contribution in [0.15, 0.2) is 12.2 Å². The molecule has 0 saturated heterocycles. The van der Waals surface area contributed by atoms with Crippen LogP contribution in [0.4, 0.5) is 0 Å². The van der Waals surface area contributed by atoms with Crippen molar-refractivity contribution in [2.75, 3.05) is 13.1 Å². The molecule has 3 saturated carbocycles. The van der Waals surface area contributed by atoms with Crippen LogP contribution >= 0.6 is 0 Å². The molecule has 4 aliphatic carbocycles. The summed E-state index contributed by atoms with van der Waals surface area (Å²) in [7, 11) is 0. The highest BCUT2D eigenvalue weighted by atomic mass is 14.8. The van der Waals surface area contributed by atoms with Crippen molar-refractivity contribution in [2.24, 2.45) is 57.8 Å². The molecule has 0 aromatic carbocycles. The van der Waals surface area contributed by atoms with E-state index in [0.29, 0.717) is 0 Å². The summed E-state index contributed by atoms with van der Waals surface area (Å²) in [6.45, 7) is 6.48. The van der Waals surface area contributed by atoms with E-state index in [9.17, 15) is 0 Å². The molecule has 0 aliphatic heterocycles. The largest absolute Gasteiger partial charge is 0.330 e. The fourth-order valence-corrected chi connectivity index (χ4v) is 6.61. The number of nitrogens with two attached hydrogens (primary N) is 2. The van der Waals surface area contributed by atoms with Gasteiger partial charge in [0, 0.05) is 0 Å². The van der Waals surface area contributed by atoms with Gasteiger partial charge in [0.25, 0.3) is 0 Å². The number of fused-ring (bicyclic) bond motifs is 9. The Labute approximate surface area is 110 Å². The molecule has 0 spiro atoms. The molecule has 2 nitrogen and oxygen atoms in total. The Kier molecular flexibility index (Phi) is 2.05. The topological polar surface area (TPSA) is 52.0 Å². The quantitative estimate of drug-likeness (QED) is 0.578. The molecule has 0 amide bonds. The third-order valence-corrected chi connectivity index (χ3v) is 7.81. The summed E-state index contributed by atoms with van der Waals surface area (Å²) in [4.78, 5) is 0. The summed E-state index contributed by atoms with van der Waals surface area (Å²) in [5.41, 5.74) is 13.0. The van der Waals surface area contributed by atoms with Crippen LogP contribution < -0.4 is 11.5 Å². The first kappa shape index (κ1) is 11.5. The number of rotatable bonds is 2. The summed E-state index contributed by atoms with van der Waals surface area (Å²) >= 11 is 0. The standard InChI is InChI=1S/C16H26N2/c1-15(7-17)11-6-12(16(15,2)8-18)14-10-4-3-9(5-10)13(11)14/h3-4,9-14H,5-8,17-18H2,1-2H3. The van der Waals surface area contributed by atoms with Crippen LogP contribution in [0, 0.1) is 46.3 Å². The maximum atomic E-state index is 6.21. The van der Waals surface area contributed by atoms with Crippen LogP contribution in [-0.2, 0) is 0 Å². The van der Waals surface area contributed by atoms with E-state index >= 15 is 0 Å². The van der Waals surface area contributed by atoms with Crippen LogP contribution in [0.3, 0.4) is 0 Å². The molecule has 0 heterocycles. The highest BCUT2D eigenvalue weighted by Crippen LogP contribution is 2.75. The molecule has 8 unspecified atom stereocenters. The Morgan fingerprint density at radius 3 is 1.72 bits per heavy atom. The van der Waals surface area contributed by atoms with Gasteiger partial charge in [0.2, 0.25) is 0 Å². The summed E-state index contributed by atoms with van der Waals surface area (Å²) in [5.74, 6) is 5.24. The van der Waals surface area contributed by atoms with Gasteiger partial charge in [-0.1, -0.05) is 26.0 Å². The van der Waals surface area contributed by atoms with Crippen LogP contribution in [-0.4, -0.2) is 13.1 Å². The van der Waals surface area contributed by atoms with Crippen molar-refractivity contribution in [2.45, 2.75) is 26.7 Å². The van der Waals surface area contributed by atoms with Gasteiger partial charge in [-0.3, -0.25) is 0 Å². The Morgan fingerprint density at radius 1 is 0.889 bits per heavy atom. The van der Waals surface area contributed by atoms with Gasteiger partial charge in [0.15, 0.2) is 0 Å². The Balaban J connectivity index is 1.81.